The summed E-state index contributed by atoms with van der Waals surface area (Å²) in [6, 6.07) is 28.1. The van der Waals surface area contributed by atoms with Crippen molar-refractivity contribution in [2.75, 3.05) is 6.54 Å². The molecule has 0 radical (unpaired) electrons. The third-order valence-corrected chi connectivity index (χ3v) is 8.66. The smallest absolute Gasteiger partial charge is 0.266 e. The van der Waals surface area contributed by atoms with Crippen LogP contribution in [0.2, 0.25) is 0 Å². The van der Waals surface area contributed by atoms with Gasteiger partial charge in [0, 0.05) is 23.9 Å². The van der Waals surface area contributed by atoms with Gasteiger partial charge in [-0.15, -0.1) is 0 Å². The summed E-state index contributed by atoms with van der Waals surface area (Å²) in [5, 5.41) is 4.94. The lowest BCUT2D eigenvalue weighted by molar-refractivity contribution is -0.122. The number of thiocarbonyl (C=S) groups is 1. The lowest BCUT2D eigenvalue weighted by Crippen LogP contribution is -2.33. The lowest BCUT2D eigenvalue weighted by atomic mass is 9.99. The van der Waals surface area contributed by atoms with Gasteiger partial charge < -0.3 is 4.74 Å². The highest BCUT2D eigenvalue weighted by molar-refractivity contribution is 8.26. The molecule has 0 aliphatic carbocycles. The molecule has 0 spiro atoms. The van der Waals surface area contributed by atoms with Crippen LogP contribution in [0.15, 0.2) is 96.0 Å². The van der Waals surface area contributed by atoms with Gasteiger partial charge in [-0.25, -0.2) is 4.68 Å². The van der Waals surface area contributed by atoms with Crippen LogP contribution in [0.25, 0.3) is 23.0 Å². The van der Waals surface area contributed by atoms with Gasteiger partial charge in [0.25, 0.3) is 5.91 Å². The number of unbranched alkanes of at least 4 members (excludes halogenated alkanes) is 1. The Balaban J connectivity index is 1.41. The number of aromatic nitrogens is 2. The van der Waals surface area contributed by atoms with Crippen molar-refractivity contribution in [1.82, 2.24) is 14.7 Å². The Labute approximate surface area is 252 Å². The summed E-state index contributed by atoms with van der Waals surface area (Å²) < 4.78 is 8.49. The number of hydrogen-bond acceptors (Lipinski definition) is 5. The van der Waals surface area contributed by atoms with Crippen LogP contribution in [0.3, 0.4) is 0 Å². The number of carbonyl (C=O) groups excluding carboxylic acids is 1. The van der Waals surface area contributed by atoms with Gasteiger partial charge in [-0.3, -0.25) is 9.69 Å². The van der Waals surface area contributed by atoms with Gasteiger partial charge in [0.2, 0.25) is 0 Å². The number of amides is 1. The highest BCUT2D eigenvalue weighted by Crippen LogP contribution is 2.36. The Kier molecular flexibility index (Phi) is 9.70. The average Bonchev–Trinajstić information content (AvgIpc) is 3.55. The van der Waals surface area contributed by atoms with Gasteiger partial charge in [0.1, 0.15) is 16.7 Å². The minimum absolute atomic E-state index is 0.0157. The van der Waals surface area contributed by atoms with Crippen molar-refractivity contribution >= 4 is 40.3 Å². The predicted octanol–water partition coefficient (Wildman–Crippen LogP) is 8.54. The van der Waals surface area contributed by atoms with Gasteiger partial charge >= 0.3 is 0 Å². The van der Waals surface area contributed by atoms with Crippen LogP contribution >= 0.6 is 24.0 Å². The summed E-state index contributed by atoms with van der Waals surface area (Å²) >= 11 is 7.05. The quantitative estimate of drug-likeness (QED) is 0.124. The zero-order valence-corrected chi connectivity index (χ0v) is 25.2. The van der Waals surface area contributed by atoms with Crippen molar-refractivity contribution < 1.29 is 9.53 Å². The van der Waals surface area contributed by atoms with Crippen molar-refractivity contribution in [2.45, 2.75) is 46.1 Å². The number of hydrogen-bond donors (Lipinski definition) is 0. The molecule has 0 saturated carbocycles. The first-order chi connectivity index (χ1) is 20.1. The van der Waals surface area contributed by atoms with E-state index in [9.17, 15) is 4.79 Å². The van der Waals surface area contributed by atoms with Crippen molar-refractivity contribution in [3.8, 4) is 22.7 Å². The molecular formula is C34H35N3O2S2. The summed E-state index contributed by atoms with van der Waals surface area (Å²) in [7, 11) is 0. The Hall–Kier alpha value is -3.68. The minimum Gasteiger partial charge on any atom is -0.489 e. The van der Waals surface area contributed by atoms with E-state index in [1.165, 1.54) is 18.2 Å². The van der Waals surface area contributed by atoms with Crippen LogP contribution in [-0.2, 0) is 11.4 Å². The van der Waals surface area contributed by atoms with Crippen LogP contribution in [-0.4, -0.2) is 31.5 Å². The van der Waals surface area contributed by atoms with E-state index in [0.717, 1.165) is 53.1 Å². The second-order valence-electron chi connectivity index (χ2n) is 10.2. The van der Waals surface area contributed by atoms with Crippen molar-refractivity contribution in [3.63, 3.8) is 0 Å². The maximum Gasteiger partial charge on any atom is 0.266 e. The molecule has 1 amide bonds. The molecule has 1 saturated heterocycles. The molecule has 4 aromatic rings. The summed E-state index contributed by atoms with van der Waals surface area (Å²) in [5.74, 6) is 1.23. The number of thioether (sulfide) groups is 1. The zero-order chi connectivity index (χ0) is 28.6. The maximum atomic E-state index is 13.5. The average molecular weight is 582 g/mol. The van der Waals surface area contributed by atoms with Gasteiger partial charge in [-0.2, -0.15) is 5.10 Å². The molecule has 1 fully saturated rings. The molecule has 5 rings (SSSR count). The highest BCUT2D eigenvalue weighted by Gasteiger charge is 2.33. The number of rotatable bonds is 12. The Morgan fingerprint density at radius 3 is 2.37 bits per heavy atom. The Morgan fingerprint density at radius 1 is 0.976 bits per heavy atom. The van der Waals surface area contributed by atoms with Crippen molar-refractivity contribution in [1.29, 1.82) is 0 Å². The SMILES string of the molecule is CCCC[C@@H](CC)CN1C(=O)/C(=C/c2cn(-c3ccccc3)nc2-c2ccc(OCc3ccccc3)cc2)SC1=S. The lowest BCUT2D eigenvalue weighted by Gasteiger charge is -2.21. The molecule has 3 aromatic carbocycles. The van der Waals surface area contributed by atoms with E-state index in [4.69, 9.17) is 22.1 Å². The molecule has 2 heterocycles. The third-order valence-electron chi connectivity index (χ3n) is 7.28. The third kappa shape index (κ3) is 7.16. The van der Waals surface area contributed by atoms with Crippen LogP contribution < -0.4 is 4.74 Å². The van der Waals surface area contributed by atoms with E-state index in [0.29, 0.717) is 28.3 Å². The molecule has 1 atom stereocenters. The number of benzene rings is 3. The number of ether oxygens (including phenoxy) is 1. The second kappa shape index (κ2) is 13.8. The standard InChI is InChI=1S/C34H35N3O2S2/c1-3-5-12-25(4-2)22-36-33(38)31(41-34(36)40)21-28-23-37(29-15-10-7-11-16-29)35-32(28)27-17-19-30(20-18-27)39-24-26-13-8-6-9-14-26/h6-11,13-21,23,25H,3-5,12,22,24H2,1-2H3/b31-21-/t25-/m1/s1. The molecule has 210 valence electrons. The summed E-state index contributed by atoms with van der Waals surface area (Å²) in [5.41, 5.74) is 4.67. The number of para-hydroxylation sites is 1. The maximum absolute atomic E-state index is 13.5. The van der Waals surface area contributed by atoms with Crippen molar-refractivity contribution in [3.05, 3.63) is 107 Å². The van der Waals surface area contributed by atoms with E-state index in [-0.39, 0.29) is 5.91 Å². The van der Waals surface area contributed by atoms with E-state index < -0.39 is 0 Å². The first kappa shape index (κ1) is 28.8. The first-order valence-electron chi connectivity index (χ1n) is 14.2. The van der Waals surface area contributed by atoms with Crippen LogP contribution in [0.5, 0.6) is 5.75 Å². The fraction of sp³-hybridized carbons (Fsp3) is 0.265. The molecule has 1 aliphatic heterocycles. The minimum atomic E-state index is -0.0157. The molecule has 5 nitrogen and oxygen atoms in total. The predicted molar refractivity (Wildman–Crippen MR) is 173 cm³/mol. The molecular weight excluding hydrogens is 547 g/mol. The largest absolute Gasteiger partial charge is 0.489 e. The Bertz CT molecular complexity index is 1500. The monoisotopic (exact) mass is 581 g/mol. The number of carbonyl (C=O) groups is 1. The highest BCUT2D eigenvalue weighted by atomic mass is 32.2. The van der Waals surface area contributed by atoms with E-state index in [1.54, 1.807) is 4.90 Å². The molecule has 1 aliphatic rings. The van der Waals surface area contributed by atoms with E-state index in [1.807, 2.05) is 102 Å². The molecule has 41 heavy (non-hydrogen) atoms. The summed E-state index contributed by atoms with van der Waals surface area (Å²) in [6.45, 7) is 5.58. The van der Waals surface area contributed by atoms with Crippen LogP contribution in [0, 0.1) is 5.92 Å². The second-order valence-corrected chi connectivity index (χ2v) is 11.9. The van der Waals surface area contributed by atoms with Gasteiger partial charge in [0.15, 0.2) is 0 Å². The van der Waals surface area contributed by atoms with E-state index in [2.05, 4.69) is 13.8 Å². The number of nitrogens with zero attached hydrogens (tertiary/aromatic N) is 3. The van der Waals surface area contributed by atoms with Crippen molar-refractivity contribution in [2.24, 2.45) is 5.92 Å². The van der Waals surface area contributed by atoms with Crippen LogP contribution in [0.1, 0.15) is 50.7 Å². The topological polar surface area (TPSA) is 47.4 Å². The first-order valence-corrected chi connectivity index (χ1v) is 15.5. The van der Waals surface area contributed by atoms with Gasteiger partial charge in [0.05, 0.1) is 16.3 Å². The zero-order valence-electron chi connectivity index (χ0n) is 23.5. The summed E-state index contributed by atoms with van der Waals surface area (Å²) in [4.78, 5) is 15.9. The van der Waals surface area contributed by atoms with E-state index >= 15 is 0 Å². The van der Waals surface area contributed by atoms with Gasteiger partial charge in [-0.1, -0.05) is 106 Å². The molecule has 7 heteroatoms. The Morgan fingerprint density at radius 2 is 1.68 bits per heavy atom. The van der Waals surface area contributed by atoms with Gasteiger partial charge in [-0.05, 0) is 60.4 Å². The molecule has 0 N–H and O–H groups in total. The molecule has 1 aromatic heterocycles. The fourth-order valence-electron chi connectivity index (χ4n) is 4.85. The fourth-order valence-corrected chi connectivity index (χ4v) is 6.12. The summed E-state index contributed by atoms with van der Waals surface area (Å²) in [6.07, 6.45) is 8.39. The molecule has 0 unspecified atom stereocenters. The molecule has 0 bridgehead atoms. The normalized spacial score (nSPS) is 15.1. The van der Waals surface area contributed by atoms with Crippen LogP contribution in [0.4, 0.5) is 0 Å².